The molecule has 0 radical (unpaired) electrons. The Morgan fingerprint density at radius 2 is 1.72 bits per heavy atom. The number of furan rings is 1. The topological polar surface area (TPSA) is 39.2 Å². The average Bonchev–Trinajstić information content (AvgIpc) is 2.73. The molecule has 2 rings (SSSR count). The normalized spacial score (nSPS) is 13.6. The predicted octanol–water partition coefficient (Wildman–Crippen LogP) is 3.65. The summed E-state index contributed by atoms with van der Waals surface area (Å²) in [7, 11) is 0. The standard InChI is InChI=1S/C13H12F3NO/c1-8-6-7-18-12(8)11(17)9-2-4-10(5-3-9)13(14,15)16/h2-7,11H,17H2,1H3. The van der Waals surface area contributed by atoms with Gasteiger partial charge in [0.15, 0.2) is 0 Å². The van der Waals surface area contributed by atoms with Gasteiger partial charge in [-0.3, -0.25) is 0 Å². The molecule has 0 aliphatic rings. The van der Waals surface area contributed by atoms with E-state index in [-0.39, 0.29) is 0 Å². The van der Waals surface area contributed by atoms with Crippen LogP contribution in [0.15, 0.2) is 41.0 Å². The van der Waals surface area contributed by atoms with Crippen LogP contribution in [0.1, 0.15) is 28.5 Å². The summed E-state index contributed by atoms with van der Waals surface area (Å²) in [6.07, 6.45) is -2.82. The first-order valence-corrected chi connectivity index (χ1v) is 5.36. The maximum Gasteiger partial charge on any atom is 0.416 e. The maximum atomic E-state index is 12.4. The van der Waals surface area contributed by atoms with Crippen LogP contribution in [0.3, 0.4) is 0 Å². The van der Waals surface area contributed by atoms with E-state index < -0.39 is 17.8 Å². The third kappa shape index (κ3) is 2.41. The van der Waals surface area contributed by atoms with Crippen molar-refractivity contribution in [2.24, 2.45) is 5.73 Å². The zero-order valence-electron chi connectivity index (χ0n) is 9.66. The zero-order chi connectivity index (χ0) is 13.3. The van der Waals surface area contributed by atoms with Gasteiger partial charge in [-0.05, 0) is 36.2 Å². The Kier molecular flexibility index (Phi) is 3.17. The molecule has 0 fully saturated rings. The number of nitrogens with two attached hydrogens (primary N) is 1. The van der Waals surface area contributed by atoms with E-state index in [4.69, 9.17) is 10.2 Å². The second-order valence-electron chi connectivity index (χ2n) is 4.07. The highest BCUT2D eigenvalue weighted by atomic mass is 19.4. The van der Waals surface area contributed by atoms with Crippen LogP contribution >= 0.6 is 0 Å². The summed E-state index contributed by atoms with van der Waals surface area (Å²) < 4.78 is 42.5. The van der Waals surface area contributed by atoms with Gasteiger partial charge in [0, 0.05) is 0 Å². The fourth-order valence-electron chi connectivity index (χ4n) is 1.73. The van der Waals surface area contributed by atoms with Gasteiger partial charge in [0.2, 0.25) is 0 Å². The van der Waals surface area contributed by atoms with Crippen LogP contribution in [-0.4, -0.2) is 0 Å². The first-order chi connectivity index (χ1) is 8.39. The molecule has 5 heteroatoms. The van der Waals surface area contributed by atoms with Crippen molar-refractivity contribution in [3.8, 4) is 0 Å². The zero-order valence-corrected chi connectivity index (χ0v) is 9.66. The van der Waals surface area contributed by atoms with Gasteiger partial charge in [-0.25, -0.2) is 0 Å². The smallest absolute Gasteiger partial charge is 0.416 e. The van der Waals surface area contributed by atoms with Gasteiger partial charge in [0.05, 0.1) is 17.9 Å². The van der Waals surface area contributed by atoms with E-state index in [0.717, 1.165) is 17.7 Å². The molecule has 0 aliphatic heterocycles. The summed E-state index contributed by atoms with van der Waals surface area (Å²) in [6, 6.07) is 5.99. The lowest BCUT2D eigenvalue weighted by molar-refractivity contribution is -0.137. The number of rotatable bonds is 2. The molecular formula is C13H12F3NO. The Morgan fingerprint density at radius 1 is 1.11 bits per heavy atom. The molecule has 0 saturated carbocycles. The molecule has 0 amide bonds. The molecule has 0 saturated heterocycles. The Labute approximate surface area is 102 Å². The van der Waals surface area contributed by atoms with Crippen molar-refractivity contribution in [2.75, 3.05) is 0 Å². The van der Waals surface area contributed by atoms with Crippen molar-refractivity contribution in [2.45, 2.75) is 19.1 Å². The minimum Gasteiger partial charge on any atom is -0.467 e. The first kappa shape index (κ1) is 12.7. The van der Waals surface area contributed by atoms with Crippen LogP contribution in [0.4, 0.5) is 13.2 Å². The summed E-state index contributed by atoms with van der Waals surface area (Å²) >= 11 is 0. The highest BCUT2D eigenvalue weighted by Gasteiger charge is 2.30. The van der Waals surface area contributed by atoms with Crippen LogP contribution in [0.25, 0.3) is 0 Å². The van der Waals surface area contributed by atoms with Gasteiger partial charge in [-0.2, -0.15) is 13.2 Å². The molecule has 1 heterocycles. The lowest BCUT2D eigenvalue weighted by Crippen LogP contribution is -2.13. The summed E-state index contributed by atoms with van der Waals surface area (Å²) in [5, 5.41) is 0. The van der Waals surface area contributed by atoms with Gasteiger partial charge >= 0.3 is 6.18 Å². The molecule has 0 spiro atoms. The molecule has 0 bridgehead atoms. The fourth-order valence-corrected chi connectivity index (χ4v) is 1.73. The summed E-state index contributed by atoms with van der Waals surface area (Å²) in [5.41, 5.74) is 6.72. The van der Waals surface area contributed by atoms with Crippen molar-refractivity contribution in [1.82, 2.24) is 0 Å². The molecule has 1 atom stereocenters. The maximum absolute atomic E-state index is 12.4. The number of halogens is 3. The minimum atomic E-state index is -4.33. The first-order valence-electron chi connectivity index (χ1n) is 5.36. The van der Waals surface area contributed by atoms with Crippen LogP contribution in [-0.2, 0) is 6.18 Å². The molecule has 18 heavy (non-hydrogen) atoms. The molecule has 1 unspecified atom stereocenters. The number of benzene rings is 1. The van der Waals surface area contributed by atoms with Crippen LogP contribution < -0.4 is 5.73 Å². The Balaban J connectivity index is 2.28. The van der Waals surface area contributed by atoms with E-state index in [9.17, 15) is 13.2 Å². The van der Waals surface area contributed by atoms with E-state index in [1.807, 2.05) is 6.92 Å². The molecular weight excluding hydrogens is 243 g/mol. The van der Waals surface area contributed by atoms with Gasteiger partial charge < -0.3 is 10.2 Å². The van der Waals surface area contributed by atoms with Gasteiger partial charge in [-0.1, -0.05) is 12.1 Å². The van der Waals surface area contributed by atoms with E-state index >= 15 is 0 Å². The molecule has 1 aromatic heterocycles. The third-order valence-corrected chi connectivity index (χ3v) is 2.78. The fraction of sp³-hybridized carbons (Fsp3) is 0.231. The van der Waals surface area contributed by atoms with Crippen LogP contribution in [0, 0.1) is 6.92 Å². The summed E-state index contributed by atoms with van der Waals surface area (Å²) in [5.74, 6) is 0.565. The second-order valence-corrected chi connectivity index (χ2v) is 4.07. The average molecular weight is 255 g/mol. The molecule has 2 aromatic rings. The lowest BCUT2D eigenvalue weighted by atomic mass is 10.0. The van der Waals surface area contributed by atoms with E-state index in [2.05, 4.69) is 0 Å². The number of aryl methyl sites for hydroxylation is 1. The lowest BCUT2D eigenvalue weighted by Gasteiger charge is -2.12. The number of hydrogen-bond donors (Lipinski definition) is 1. The highest BCUT2D eigenvalue weighted by Crippen LogP contribution is 2.31. The largest absolute Gasteiger partial charge is 0.467 e. The second kappa shape index (κ2) is 4.49. The summed E-state index contributed by atoms with van der Waals surface area (Å²) in [4.78, 5) is 0. The monoisotopic (exact) mass is 255 g/mol. The van der Waals surface area contributed by atoms with E-state index in [1.54, 1.807) is 6.07 Å². The van der Waals surface area contributed by atoms with Gasteiger partial charge in [-0.15, -0.1) is 0 Å². The Hall–Kier alpha value is -1.75. The number of hydrogen-bond acceptors (Lipinski definition) is 2. The molecule has 2 nitrogen and oxygen atoms in total. The van der Waals surface area contributed by atoms with Gasteiger partial charge in [0.1, 0.15) is 5.76 Å². The van der Waals surface area contributed by atoms with E-state index in [0.29, 0.717) is 11.3 Å². The molecule has 1 aromatic carbocycles. The summed E-state index contributed by atoms with van der Waals surface area (Å²) in [6.45, 7) is 1.84. The number of alkyl halides is 3. The van der Waals surface area contributed by atoms with Crippen molar-refractivity contribution >= 4 is 0 Å². The minimum absolute atomic E-state index is 0.553. The molecule has 0 aliphatic carbocycles. The quantitative estimate of drug-likeness (QED) is 0.889. The highest BCUT2D eigenvalue weighted by molar-refractivity contribution is 5.33. The van der Waals surface area contributed by atoms with Crippen LogP contribution in [0.5, 0.6) is 0 Å². The molecule has 96 valence electrons. The van der Waals surface area contributed by atoms with Crippen LogP contribution in [0.2, 0.25) is 0 Å². The Morgan fingerprint density at radius 3 is 2.17 bits per heavy atom. The Bertz CT molecular complexity index is 528. The predicted molar refractivity (Wildman–Crippen MR) is 60.9 cm³/mol. The molecule has 2 N–H and O–H groups in total. The SMILES string of the molecule is Cc1ccoc1C(N)c1ccc(C(F)(F)F)cc1. The van der Waals surface area contributed by atoms with Gasteiger partial charge in [0.25, 0.3) is 0 Å². The van der Waals surface area contributed by atoms with Crippen molar-refractivity contribution < 1.29 is 17.6 Å². The van der Waals surface area contributed by atoms with Crippen molar-refractivity contribution in [3.05, 3.63) is 59.0 Å². The van der Waals surface area contributed by atoms with E-state index in [1.165, 1.54) is 18.4 Å². The van der Waals surface area contributed by atoms with Crippen molar-refractivity contribution in [1.29, 1.82) is 0 Å². The van der Waals surface area contributed by atoms with Crippen molar-refractivity contribution in [3.63, 3.8) is 0 Å². The third-order valence-electron chi connectivity index (χ3n) is 2.78.